The zero-order chi connectivity index (χ0) is 11.4. The maximum atomic E-state index is 12.4. The highest BCUT2D eigenvalue weighted by Crippen LogP contribution is 2.19. The smallest absolute Gasteiger partial charge is 0.200 e. The predicted octanol–water partition coefficient (Wildman–Crippen LogP) is 2.58. The summed E-state index contributed by atoms with van der Waals surface area (Å²) < 4.78 is 12.4. The van der Waals surface area contributed by atoms with E-state index in [1.54, 1.807) is 12.4 Å². The summed E-state index contributed by atoms with van der Waals surface area (Å²) in [6.07, 6.45) is 1.71. The monoisotopic (exact) mass is 217 g/mol. The second-order valence-corrected chi connectivity index (χ2v) is 3.57. The average molecular weight is 217 g/mol. The Morgan fingerprint density at radius 3 is 2.12 bits per heavy atom. The van der Waals surface area contributed by atoms with Crippen LogP contribution in [-0.4, -0.2) is 16.4 Å². The van der Waals surface area contributed by atoms with Crippen LogP contribution >= 0.6 is 0 Å². The minimum atomic E-state index is -1.79. The third-order valence-electron chi connectivity index (χ3n) is 2.37. The zero-order valence-corrected chi connectivity index (χ0v) is 8.68. The van der Waals surface area contributed by atoms with Gasteiger partial charge in [0.05, 0.1) is 0 Å². The number of rotatable bonds is 3. The molecule has 0 amide bonds. The number of halogens is 1. The quantitative estimate of drug-likeness (QED) is 0.857. The number of pyridine rings is 1. The Balaban J connectivity index is 2.20. The molecule has 0 fully saturated rings. The molecule has 1 unspecified atom stereocenters. The summed E-state index contributed by atoms with van der Waals surface area (Å²) >= 11 is 0. The number of hydrogen-bond donors (Lipinski definition) is 1. The van der Waals surface area contributed by atoms with Crippen LogP contribution in [0.3, 0.4) is 0 Å². The molecule has 0 radical (unpaired) electrons. The molecule has 2 rings (SSSR count). The van der Waals surface area contributed by atoms with Gasteiger partial charge in [-0.2, -0.15) is 0 Å². The van der Waals surface area contributed by atoms with E-state index >= 15 is 0 Å². The lowest BCUT2D eigenvalue weighted by atomic mass is 10.0. The summed E-state index contributed by atoms with van der Waals surface area (Å²) in [7, 11) is 0. The van der Waals surface area contributed by atoms with Crippen molar-refractivity contribution in [3.8, 4) is 11.1 Å². The average Bonchev–Trinajstić information content (AvgIpc) is 2.30. The van der Waals surface area contributed by atoms with E-state index in [0.29, 0.717) is 0 Å². The minimum absolute atomic E-state index is 0.0383. The van der Waals surface area contributed by atoms with E-state index in [2.05, 4.69) is 4.98 Å². The fourth-order valence-electron chi connectivity index (χ4n) is 1.57. The van der Waals surface area contributed by atoms with E-state index in [1.165, 1.54) is 0 Å². The molecule has 2 nitrogen and oxygen atoms in total. The van der Waals surface area contributed by atoms with Gasteiger partial charge < -0.3 is 5.11 Å². The summed E-state index contributed by atoms with van der Waals surface area (Å²) in [6.45, 7) is 0. The van der Waals surface area contributed by atoms with Crippen LogP contribution in [-0.2, 0) is 6.42 Å². The highest BCUT2D eigenvalue weighted by Gasteiger charge is 2.02. The molecular weight excluding hydrogens is 205 g/mol. The van der Waals surface area contributed by atoms with Crippen LogP contribution in [0.25, 0.3) is 11.1 Å². The molecule has 2 aromatic rings. The first kappa shape index (κ1) is 10.8. The molecule has 0 saturated carbocycles. The highest BCUT2D eigenvalue weighted by atomic mass is 19.1. The SMILES string of the molecule is OC(F)Cc1ccc(-c2ccncc2)cc1. The summed E-state index contributed by atoms with van der Waals surface area (Å²) in [5, 5.41) is 8.62. The van der Waals surface area contributed by atoms with Crippen LogP contribution in [0.15, 0.2) is 48.8 Å². The van der Waals surface area contributed by atoms with Crippen molar-refractivity contribution in [1.82, 2.24) is 4.98 Å². The van der Waals surface area contributed by atoms with Crippen molar-refractivity contribution in [2.75, 3.05) is 0 Å². The Morgan fingerprint density at radius 2 is 1.56 bits per heavy atom. The summed E-state index contributed by atoms with van der Waals surface area (Å²) in [5.74, 6) is 0. The largest absolute Gasteiger partial charge is 0.364 e. The number of aromatic nitrogens is 1. The van der Waals surface area contributed by atoms with Crippen molar-refractivity contribution in [2.24, 2.45) is 0 Å². The normalized spacial score (nSPS) is 12.4. The molecule has 0 aliphatic carbocycles. The Labute approximate surface area is 93.4 Å². The van der Waals surface area contributed by atoms with Gasteiger partial charge in [-0.05, 0) is 28.8 Å². The molecule has 1 atom stereocenters. The van der Waals surface area contributed by atoms with Gasteiger partial charge in [0.15, 0.2) is 6.36 Å². The maximum absolute atomic E-state index is 12.4. The van der Waals surface area contributed by atoms with Crippen molar-refractivity contribution in [1.29, 1.82) is 0 Å². The first-order valence-corrected chi connectivity index (χ1v) is 5.07. The standard InChI is InChI=1S/C13H12FNO/c14-13(16)9-10-1-3-11(4-2-10)12-5-7-15-8-6-12/h1-8,13,16H,9H2. The Hall–Kier alpha value is -1.74. The summed E-state index contributed by atoms with van der Waals surface area (Å²) in [5.41, 5.74) is 2.91. The third kappa shape index (κ3) is 2.64. The van der Waals surface area contributed by atoms with Crippen molar-refractivity contribution >= 4 is 0 Å². The Kier molecular flexibility index (Phi) is 3.27. The highest BCUT2D eigenvalue weighted by molar-refractivity contribution is 5.62. The van der Waals surface area contributed by atoms with E-state index < -0.39 is 6.36 Å². The summed E-state index contributed by atoms with van der Waals surface area (Å²) in [4.78, 5) is 3.95. The predicted molar refractivity (Wildman–Crippen MR) is 60.5 cm³/mol. The topological polar surface area (TPSA) is 33.1 Å². The fourth-order valence-corrected chi connectivity index (χ4v) is 1.57. The van der Waals surface area contributed by atoms with E-state index in [9.17, 15) is 4.39 Å². The zero-order valence-electron chi connectivity index (χ0n) is 8.68. The second kappa shape index (κ2) is 4.86. The maximum Gasteiger partial charge on any atom is 0.200 e. The van der Waals surface area contributed by atoms with Gasteiger partial charge in [-0.15, -0.1) is 0 Å². The summed E-state index contributed by atoms with van der Waals surface area (Å²) in [6, 6.07) is 11.3. The van der Waals surface area contributed by atoms with Gasteiger partial charge in [-0.25, -0.2) is 4.39 Å². The van der Waals surface area contributed by atoms with Crippen LogP contribution < -0.4 is 0 Å². The molecule has 0 saturated heterocycles. The van der Waals surface area contributed by atoms with Gasteiger partial charge in [-0.1, -0.05) is 24.3 Å². The lowest BCUT2D eigenvalue weighted by Gasteiger charge is -2.04. The molecule has 1 heterocycles. The third-order valence-corrected chi connectivity index (χ3v) is 2.37. The van der Waals surface area contributed by atoms with Crippen molar-refractivity contribution in [3.63, 3.8) is 0 Å². The van der Waals surface area contributed by atoms with Crippen LogP contribution in [0.1, 0.15) is 5.56 Å². The van der Waals surface area contributed by atoms with Gasteiger partial charge in [0.25, 0.3) is 0 Å². The molecule has 0 spiro atoms. The molecule has 0 aliphatic heterocycles. The van der Waals surface area contributed by atoms with Crippen LogP contribution in [0, 0.1) is 0 Å². The molecular formula is C13H12FNO. The molecule has 82 valence electrons. The molecule has 0 aliphatic rings. The van der Waals surface area contributed by atoms with Crippen LogP contribution in [0.2, 0.25) is 0 Å². The van der Waals surface area contributed by atoms with E-state index in [1.807, 2.05) is 36.4 Å². The Morgan fingerprint density at radius 1 is 1.00 bits per heavy atom. The van der Waals surface area contributed by atoms with Crippen molar-refractivity contribution in [3.05, 3.63) is 54.4 Å². The van der Waals surface area contributed by atoms with E-state index in [-0.39, 0.29) is 6.42 Å². The molecule has 1 N–H and O–H groups in total. The molecule has 3 heteroatoms. The minimum Gasteiger partial charge on any atom is -0.364 e. The van der Waals surface area contributed by atoms with Gasteiger partial charge >= 0.3 is 0 Å². The number of nitrogens with zero attached hydrogens (tertiary/aromatic N) is 1. The molecule has 1 aromatic heterocycles. The van der Waals surface area contributed by atoms with Crippen molar-refractivity contribution in [2.45, 2.75) is 12.8 Å². The van der Waals surface area contributed by atoms with E-state index in [0.717, 1.165) is 16.7 Å². The molecule has 1 aromatic carbocycles. The lowest BCUT2D eigenvalue weighted by Crippen LogP contribution is -2.01. The molecule has 0 bridgehead atoms. The van der Waals surface area contributed by atoms with E-state index in [4.69, 9.17) is 5.11 Å². The number of hydrogen-bond acceptors (Lipinski definition) is 2. The number of benzene rings is 1. The number of alkyl halides is 1. The van der Waals surface area contributed by atoms with Gasteiger partial charge in [0, 0.05) is 18.8 Å². The van der Waals surface area contributed by atoms with Crippen molar-refractivity contribution < 1.29 is 9.50 Å². The Bertz CT molecular complexity index is 439. The fraction of sp³-hybridized carbons (Fsp3) is 0.154. The molecule has 16 heavy (non-hydrogen) atoms. The lowest BCUT2D eigenvalue weighted by molar-refractivity contribution is 0.0430. The van der Waals surface area contributed by atoms with Gasteiger partial charge in [-0.3, -0.25) is 4.98 Å². The second-order valence-electron chi connectivity index (χ2n) is 3.57. The number of aliphatic hydroxyl groups is 1. The van der Waals surface area contributed by atoms with Crippen LogP contribution in [0.4, 0.5) is 4.39 Å². The van der Waals surface area contributed by atoms with Crippen LogP contribution in [0.5, 0.6) is 0 Å². The van der Waals surface area contributed by atoms with Gasteiger partial charge in [0.1, 0.15) is 0 Å². The number of aliphatic hydroxyl groups excluding tert-OH is 1. The van der Waals surface area contributed by atoms with Gasteiger partial charge in [0.2, 0.25) is 0 Å². The first-order valence-electron chi connectivity index (χ1n) is 5.07. The first-order chi connectivity index (χ1) is 7.75.